The minimum Gasteiger partial charge on any atom is -0.507 e. The van der Waals surface area contributed by atoms with Crippen molar-refractivity contribution in [1.29, 1.82) is 0 Å². The molecule has 100 valence electrons. The van der Waals surface area contributed by atoms with Crippen LogP contribution in [0.5, 0.6) is 5.75 Å². The molecule has 1 N–H and O–H groups in total. The van der Waals surface area contributed by atoms with E-state index in [1.807, 2.05) is 48.5 Å². The van der Waals surface area contributed by atoms with Gasteiger partial charge in [-0.2, -0.15) is 0 Å². The van der Waals surface area contributed by atoms with E-state index in [9.17, 15) is 5.11 Å². The van der Waals surface area contributed by atoms with E-state index in [0.29, 0.717) is 5.75 Å². The Hall–Kier alpha value is -1.76. The molecule has 0 bridgehead atoms. The fourth-order valence-electron chi connectivity index (χ4n) is 2.70. The van der Waals surface area contributed by atoms with Crippen LogP contribution in [0.4, 0.5) is 0 Å². The minimum atomic E-state index is 0.00359. The molecule has 0 aliphatic heterocycles. The van der Waals surface area contributed by atoms with Crippen molar-refractivity contribution in [2.45, 2.75) is 39.0 Å². The van der Waals surface area contributed by atoms with E-state index in [0.717, 1.165) is 29.5 Å². The first-order chi connectivity index (χ1) is 9.06. The Bertz CT molecular complexity index is 541. The molecule has 0 radical (unpaired) electrons. The van der Waals surface area contributed by atoms with E-state index in [1.165, 1.54) is 0 Å². The van der Waals surface area contributed by atoms with Gasteiger partial charge in [-0.15, -0.1) is 0 Å². The summed E-state index contributed by atoms with van der Waals surface area (Å²) >= 11 is 0. The first-order valence-electron chi connectivity index (χ1n) is 6.94. The van der Waals surface area contributed by atoms with Crippen molar-refractivity contribution in [3.63, 3.8) is 0 Å². The zero-order valence-electron chi connectivity index (χ0n) is 12.0. The molecule has 0 aromatic heterocycles. The van der Waals surface area contributed by atoms with Crippen molar-refractivity contribution >= 4 is 0 Å². The predicted octanol–water partition coefficient (Wildman–Crippen LogP) is 5.14. The van der Waals surface area contributed by atoms with E-state index in [4.69, 9.17) is 0 Å². The molecule has 2 aromatic rings. The van der Waals surface area contributed by atoms with Crippen LogP contribution in [0, 0.1) is 0 Å². The standard InChI is InChI=1S/C18H22O/c1-4-13-18(2,3)16-12-8-11-15(17(16)19)14-9-6-5-7-10-14/h5-12,19H,4,13H2,1-3H3. The van der Waals surface area contributed by atoms with Gasteiger partial charge in [0.1, 0.15) is 5.75 Å². The molecule has 0 heterocycles. The quantitative estimate of drug-likeness (QED) is 0.801. The molecule has 2 aromatic carbocycles. The number of hydrogen-bond donors (Lipinski definition) is 1. The Morgan fingerprint density at radius 2 is 1.63 bits per heavy atom. The van der Waals surface area contributed by atoms with Crippen LogP contribution in [0.25, 0.3) is 11.1 Å². The van der Waals surface area contributed by atoms with Gasteiger partial charge in [-0.3, -0.25) is 0 Å². The van der Waals surface area contributed by atoms with Crippen LogP contribution in [0.2, 0.25) is 0 Å². The van der Waals surface area contributed by atoms with Crippen molar-refractivity contribution in [2.75, 3.05) is 0 Å². The molecular weight excluding hydrogens is 232 g/mol. The number of phenols is 1. The third kappa shape index (κ3) is 2.81. The van der Waals surface area contributed by atoms with Gasteiger partial charge < -0.3 is 5.11 Å². The number of phenolic OH excluding ortho intramolecular Hbond substituents is 1. The maximum absolute atomic E-state index is 10.6. The van der Waals surface area contributed by atoms with Gasteiger partial charge in [0.25, 0.3) is 0 Å². The van der Waals surface area contributed by atoms with Gasteiger partial charge in [-0.25, -0.2) is 0 Å². The lowest BCUT2D eigenvalue weighted by Crippen LogP contribution is -2.16. The Morgan fingerprint density at radius 1 is 0.947 bits per heavy atom. The highest BCUT2D eigenvalue weighted by atomic mass is 16.3. The molecule has 1 heteroatoms. The predicted molar refractivity (Wildman–Crippen MR) is 81.5 cm³/mol. The first-order valence-corrected chi connectivity index (χ1v) is 6.94. The largest absolute Gasteiger partial charge is 0.507 e. The zero-order chi connectivity index (χ0) is 13.9. The van der Waals surface area contributed by atoms with Gasteiger partial charge in [-0.1, -0.05) is 75.7 Å². The molecule has 0 amide bonds. The number of rotatable bonds is 4. The minimum absolute atomic E-state index is 0.00359. The SMILES string of the molecule is CCCC(C)(C)c1cccc(-c2ccccc2)c1O. The third-order valence-corrected chi connectivity index (χ3v) is 3.72. The third-order valence-electron chi connectivity index (χ3n) is 3.72. The molecule has 0 unspecified atom stereocenters. The average molecular weight is 254 g/mol. The van der Waals surface area contributed by atoms with E-state index in [1.54, 1.807) is 0 Å². The summed E-state index contributed by atoms with van der Waals surface area (Å²) in [7, 11) is 0. The summed E-state index contributed by atoms with van der Waals surface area (Å²) in [6, 6.07) is 16.1. The summed E-state index contributed by atoms with van der Waals surface area (Å²) in [6.07, 6.45) is 2.18. The van der Waals surface area contributed by atoms with E-state index >= 15 is 0 Å². The molecule has 0 atom stereocenters. The van der Waals surface area contributed by atoms with Crippen LogP contribution < -0.4 is 0 Å². The van der Waals surface area contributed by atoms with Crippen LogP contribution in [0.1, 0.15) is 39.2 Å². The van der Waals surface area contributed by atoms with Crippen LogP contribution >= 0.6 is 0 Å². The number of aromatic hydroxyl groups is 1. The van der Waals surface area contributed by atoms with Gasteiger partial charge in [-0.05, 0) is 17.4 Å². The monoisotopic (exact) mass is 254 g/mol. The summed E-state index contributed by atoms with van der Waals surface area (Å²) < 4.78 is 0. The first kappa shape index (κ1) is 13.7. The molecule has 1 nitrogen and oxygen atoms in total. The van der Waals surface area contributed by atoms with E-state index in [-0.39, 0.29) is 5.41 Å². The van der Waals surface area contributed by atoms with Crippen molar-refractivity contribution < 1.29 is 5.11 Å². The van der Waals surface area contributed by atoms with Gasteiger partial charge in [0.15, 0.2) is 0 Å². The Kier molecular flexibility index (Phi) is 3.94. The normalized spacial score (nSPS) is 11.5. The lowest BCUT2D eigenvalue weighted by atomic mass is 9.79. The molecule has 0 saturated heterocycles. The zero-order valence-corrected chi connectivity index (χ0v) is 12.0. The molecule has 2 rings (SSSR count). The molecule has 0 saturated carbocycles. The maximum atomic E-state index is 10.6. The highest BCUT2D eigenvalue weighted by Crippen LogP contribution is 2.40. The topological polar surface area (TPSA) is 20.2 Å². The van der Waals surface area contributed by atoms with Crippen molar-refractivity contribution in [3.8, 4) is 16.9 Å². The summed E-state index contributed by atoms with van der Waals surface area (Å²) in [5, 5.41) is 10.6. The second-order valence-electron chi connectivity index (χ2n) is 5.70. The Morgan fingerprint density at radius 3 is 2.26 bits per heavy atom. The van der Waals surface area contributed by atoms with Gasteiger partial charge in [0.05, 0.1) is 0 Å². The second-order valence-corrected chi connectivity index (χ2v) is 5.70. The van der Waals surface area contributed by atoms with Gasteiger partial charge in [0.2, 0.25) is 0 Å². The lowest BCUT2D eigenvalue weighted by Gasteiger charge is -2.26. The molecular formula is C18H22O. The lowest BCUT2D eigenvalue weighted by molar-refractivity contribution is 0.419. The van der Waals surface area contributed by atoms with Crippen molar-refractivity contribution in [1.82, 2.24) is 0 Å². The number of hydrogen-bond acceptors (Lipinski definition) is 1. The smallest absolute Gasteiger partial charge is 0.127 e. The fourth-order valence-corrected chi connectivity index (χ4v) is 2.70. The fraction of sp³-hybridized carbons (Fsp3) is 0.333. The Balaban J connectivity index is 2.50. The molecule has 0 aliphatic rings. The van der Waals surface area contributed by atoms with Crippen molar-refractivity contribution in [2.24, 2.45) is 0 Å². The summed E-state index contributed by atoms with van der Waals surface area (Å²) in [5.41, 5.74) is 3.02. The summed E-state index contributed by atoms with van der Waals surface area (Å²) in [5.74, 6) is 0.423. The molecule has 0 aliphatic carbocycles. The van der Waals surface area contributed by atoms with Crippen LogP contribution in [0.3, 0.4) is 0 Å². The summed E-state index contributed by atoms with van der Waals surface area (Å²) in [6.45, 7) is 6.57. The number of para-hydroxylation sites is 1. The maximum Gasteiger partial charge on any atom is 0.127 e. The highest BCUT2D eigenvalue weighted by Gasteiger charge is 2.24. The van der Waals surface area contributed by atoms with Gasteiger partial charge in [0, 0.05) is 11.1 Å². The molecule has 0 fully saturated rings. The molecule has 19 heavy (non-hydrogen) atoms. The molecule has 0 spiro atoms. The van der Waals surface area contributed by atoms with Crippen LogP contribution in [0.15, 0.2) is 48.5 Å². The van der Waals surface area contributed by atoms with Crippen LogP contribution in [-0.4, -0.2) is 5.11 Å². The van der Waals surface area contributed by atoms with E-state index in [2.05, 4.69) is 20.8 Å². The van der Waals surface area contributed by atoms with Crippen molar-refractivity contribution in [3.05, 3.63) is 54.1 Å². The summed E-state index contributed by atoms with van der Waals surface area (Å²) in [4.78, 5) is 0. The average Bonchev–Trinajstić information content (AvgIpc) is 2.39. The highest BCUT2D eigenvalue weighted by molar-refractivity contribution is 5.72. The van der Waals surface area contributed by atoms with E-state index < -0.39 is 0 Å². The Labute approximate surface area is 115 Å². The van der Waals surface area contributed by atoms with Crippen LogP contribution in [-0.2, 0) is 5.41 Å². The number of benzene rings is 2. The second kappa shape index (κ2) is 5.48. The van der Waals surface area contributed by atoms with Gasteiger partial charge >= 0.3 is 0 Å².